The molecule has 3 aromatic rings. The van der Waals surface area contributed by atoms with Crippen LogP contribution in [0.15, 0.2) is 48.5 Å². The summed E-state index contributed by atoms with van der Waals surface area (Å²) in [7, 11) is 0. The Morgan fingerprint density at radius 3 is 1.90 bits per heavy atom. The Kier molecular flexibility index (Phi) is 8.23. The average molecular weight is 560 g/mol. The molecule has 1 saturated carbocycles. The third kappa shape index (κ3) is 6.20. The van der Waals surface area contributed by atoms with Crippen LogP contribution in [0, 0.1) is 29.2 Å². The molecule has 39 heavy (non-hydrogen) atoms. The lowest BCUT2D eigenvalue weighted by molar-refractivity contribution is -0.185. The van der Waals surface area contributed by atoms with Gasteiger partial charge in [0, 0.05) is 17.7 Å². The summed E-state index contributed by atoms with van der Waals surface area (Å²) in [6.07, 6.45) is -3.96. The number of rotatable bonds is 7. The Morgan fingerprint density at radius 2 is 1.36 bits per heavy atom. The number of hydrogen-bond acceptors (Lipinski definition) is 1. The molecule has 0 spiro atoms. The molecule has 0 saturated heterocycles. The normalized spacial score (nSPS) is 18.3. The van der Waals surface area contributed by atoms with Crippen molar-refractivity contribution >= 4 is 0 Å². The number of alkyl halides is 5. The van der Waals surface area contributed by atoms with Gasteiger partial charge in [0.05, 0.1) is 5.56 Å². The van der Waals surface area contributed by atoms with Crippen LogP contribution in [-0.4, -0.2) is 0 Å². The second-order valence-electron chi connectivity index (χ2n) is 9.79. The molecule has 210 valence electrons. The molecule has 0 radical (unpaired) electrons. The summed E-state index contributed by atoms with van der Waals surface area (Å²) in [5.74, 6) is -6.97. The lowest BCUT2D eigenvalue weighted by Crippen LogP contribution is -2.22. The number of benzene rings is 3. The Hall–Kier alpha value is -3.17. The predicted octanol–water partition coefficient (Wildman–Crippen LogP) is 10.1. The minimum Gasteiger partial charge on any atom is -0.429 e. The summed E-state index contributed by atoms with van der Waals surface area (Å²) in [5.41, 5.74) is -2.81. The van der Waals surface area contributed by atoms with Crippen LogP contribution in [-0.2, 0) is 12.3 Å². The molecule has 0 aliphatic heterocycles. The Labute approximate surface area is 219 Å². The van der Waals surface area contributed by atoms with Gasteiger partial charge in [-0.1, -0.05) is 44.0 Å². The molecule has 0 aromatic heterocycles. The Balaban J connectivity index is 1.52. The first kappa shape index (κ1) is 28.8. The second kappa shape index (κ2) is 11.1. The zero-order valence-corrected chi connectivity index (χ0v) is 20.8. The van der Waals surface area contributed by atoms with Crippen LogP contribution in [0.25, 0.3) is 11.1 Å². The third-order valence-corrected chi connectivity index (χ3v) is 7.17. The van der Waals surface area contributed by atoms with Gasteiger partial charge in [-0.2, -0.15) is 22.0 Å². The highest BCUT2D eigenvalue weighted by atomic mass is 19.4. The van der Waals surface area contributed by atoms with E-state index in [1.54, 1.807) is 0 Å². The van der Waals surface area contributed by atoms with Crippen molar-refractivity contribution < 1.29 is 44.3 Å². The SMILES string of the molecule is CCCC1CCC(c2ccc(-c3ccc(C(F)(F)Oc4cc(F)c(C(F)(F)F)c(F)c4)cc3)c(F)c2F)CC1. The summed E-state index contributed by atoms with van der Waals surface area (Å²) in [4.78, 5) is 0. The highest BCUT2D eigenvalue weighted by molar-refractivity contribution is 5.65. The van der Waals surface area contributed by atoms with Gasteiger partial charge < -0.3 is 4.74 Å². The zero-order chi connectivity index (χ0) is 28.5. The van der Waals surface area contributed by atoms with Crippen molar-refractivity contribution in [3.63, 3.8) is 0 Å². The lowest BCUT2D eigenvalue weighted by atomic mass is 9.77. The minimum atomic E-state index is -5.37. The molecule has 10 heteroatoms. The summed E-state index contributed by atoms with van der Waals surface area (Å²) in [6, 6.07) is 6.77. The largest absolute Gasteiger partial charge is 0.429 e. The van der Waals surface area contributed by atoms with Gasteiger partial charge in [0.1, 0.15) is 22.9 Å². The van der Waals surface area contributed by atoms with Gasteiger partial charge in [0.15, 0.2) is 11.6 Å². The topological polar surface area (TPSA) is 9.23 Å². The molecule has 1 fully saturated rings. The first-order valence-electron chi connectivity index (χ1n) is 12.5. The van der Waals surface area contributed by atoms with Crippen molar-refractivity contribution in [2.75, 3.05) is 0 Å². The summed E-state index contributed by atoms with van der Waals surface area (Å²) < 4.78 is 129. The van der Waals surface area contributed by atoms with Crippen molar-refractivity contribution in [1.29, 1.82) is 0 Å². The minimum absolute atomic E-state index is 0.00413. The molecular weight excluding hydrogens is 535 g/mol. The summed E-state index contributed by atoms with van der Waals surface area (Å²) in [6.45, 7) is 2.11. The Morgan fingerprint density at radius 1 is 0.769 bits per heavy atom. The van der Waals surface area contributed by atoms with E-state index >= 15 is 8.78 Å². The number of halogens is 9. The van der Waals surface area contributed by atoms with Crippen LogP contribution in [0.4, 0.5) is 39.5 Å². The maximum atomic E-state index is 15.0. The van der Waals surface area contributed by atoms with Gasteiger partial charge in [-0.3, -0.25) is 0 Å². The van der Waals surface area contributed by atoms with Gasteiger partial charge in [-0.25, -0.2) is 17.6 Å². The molecule has 1 aliphatic rings. The van der Waals surface area contributed by atoms with Gasteiger partial charge in [0.25, 0.3) is 0 Å². The van der Waals surface area contributed by atoms with Gasteiger partial charge >= 0.3 is 12.3 Å². The van der Waals surface area contributed by atoms with Crippen molar-refractivity contribution in [2.45, 2.75) is 63.7 Å². The van der Waals surface area contributed by atoms with Crippen LogP contribution >= 0.6 is 0 Å². The predicted molar refractivity (Wildman–Crippen MR) is 127 cm³/mol. The molecule has 0 atom stereocenters. The monoisotopic (exact) mass is 560 g/mol. The van der Waals surface area contributed by atoms with Crippen molar-refractivity contribution in [3.05, 3.63) is 88.5 Å². The smallest absolute Gasteiger partial charge is 0.426 e. The molecule has 0 heterocycles. The van der Waals surface area contributed by atoms with E-state index in [1.165, 1.54) is 12.1 Å². The van der Waals surface area contributed by atoms with Crippen molar-refractivity contribution in [2.24, 2.45) is 5.92 Å². The first-order valence-corrected chi connectivity index (χ1v) is 12.5. The highest BCUT2D eigenvalue weighted by Crippen LogP contribution is 2.41. The number of hydrogen-bond donors (Lipinski definition) is 0. The van der Waals surface area contributed by atoms with E-state index in [9.17, 15) is 30.7 Å². The maximum absolute atomic E-state index is 15.0. The van der Waals surface area contributed by atoms with Gasteiger partial charge in [-0.05, 0) is 60.8 Å². The fourth-order valence-electron chi connectivity index (χ4n) is 5.20. The number of ether oxygens (including phenoxy) is 1. The van der Waals surface area contributed by atoms with E-state index < -0.39 is 52.4 Å². The van der Waals surface area contributed by atoms with Crippen LogP contribution in [0.3, 0.4) is 0 Å². The van der Waals surface area contributed by atoms with E-state index in [0.29, 0.717) is 11.5 Å². The van der Waals surface area contributed by atoms with Crippen LogP contribution in [0.5, 0.6) is 5.75 Å². The zero-order valence-electron chi connectivity index (χ0n) is 20.8. The van der Waals surface area contributed by atoms with Gasteiger partial charge in [-0.15, -0.1) is 0 Å². The van der Waals surface area contributed by atoms with E-state index in [2.05, 4.69) is 11.7 Å². The molecule has 0 bridgehead atoms. The second-order valence-corrected chi connectivity index (χ2v) is 9.79. The van der Waals surface area contributed by atoms with E-state index in [0.717, 1.165) is 62.8 Å². The molecule has 3 aromatic carbocycles. The van der Waals surface area contributed by atoms with Crippen molar-refractivity contribution in [3.8, 4) is 16.9 Å². The van der Waals surface area contributed by atoms with Crippen molar-refractivity contribution in [1.82, 2.24) is 0 Å². The fraction of sp³-hybridized carbons (Fsp3) is 0.379. The lowest BCUT2D eigenvalue weighted by Gasteiger charge is -2.29. The molecule has 1 aliphatic carbocycles. The molecule has 0 amide bonds. The molecule has 1 nitrogen and oxygen atoms in total. The van der Waals surface area contributed by atoms with Crippen LogP contribution in [0.2, 0.25) is 0 Å². The molecule has 0 unspecified atom stereocenters. The Bertz CT molecular complexity index is 1280. The average Bonchev–Trinajstić information content (AvgIpc) is 2.85. The van der Waals surface area contributed by atoms with Gasteiger partial charge in [0.2, 0.25) is 0 Å². The van der Waals surface area contributed by atoms with E-state index in [-0.39, 0.29) is 29.2 Å². The van der Waals surface area contributed by atoms with Crippen LogP contribution in [0.1, 0.15) is 68.1 Å². The van der Waals surface area contributed by atoms with E-state index in [1.807, 2.05) is 0 Å². The summed E-state index contributed by atoms with van der Waals surface area (Å²) >= 11 is 0. The van der Waals surface area contributed by atoms with E-state index in [4.69, 9.17) is 0 Å². The molecular formula is C29H25F9O. The first-order chi connectivity index (χ1) is 18.3. The fourth-order valence-corrected chi connectivity index (χ4v) is 5.20. The maximum Gasteiger partial charge on any atom is 0.426 e. The highest BCUT2D eigenvalue weighted by Gasteiger charge is 2.40. The quantitative estimate of drug-likeness (QED) is 0.261. The summed E-state index contributed by atoms with van der Waals surface area (Å²) in [5, 5.41) is 0. The molecule has 0 N–H and O–H groups in total. The molecule has 4 rings (SSSR count). The standard InChI is InChI=1S/C29H25F9O/c1-2-3-16-4-6-17(7-5-16)21-12-13-22(27(33)26(21)32)18-8-10-19(11-9-18)29(37,38)39-20-14-23(30)25(24(31)15-20)28(34,35)36/h8-17H,2-7H2,1H3. The van der Waals surface area contributed by atoms with Crippen LogP contribution < -0.4 is 4.74 Å². The third-order valence-electron chi connectivity index (χ3n) is 7.17.